The van der Waals surface area contributed by atoms with Gasteiger partial charge in [0, 0.05) is 31.3 Å². The fraction of sp³-hybridized carbons (Fsp3) is 0.750. The van der Waals surface area contributed by atoms with Crippen molar-refractivity contribution in [1.29, 1.82) is 0 Å². The summed E-state index contributed by atoms with van der Waals surface area (Å²) in [4.78, 5) is 13.4. The van der Waals surface area contributed by atoms with E-state index < -0.39 is 0 Å². The number of nitrogens with zero attached hydrogens (tertiary/aromatic N) is 1. The molecule has 0 saturated heterocycles. The molecule has 1 unspecified atom stereocenters. The van der Waals surface area contributed by atoms with Crippen LogP contribution in [-0.4, -0.2) is 23.8 Å². The highest BCUT2D eigenvalue weighted by atomic mass is 16.1. The number of allylic oxidation sites excluding steroid dienone is 2. The van der Waals surface area contributed by atoms with Gasteiger partial charge in [-0.15, -0.1) is 0 Å². The SMILES string of the molecule is CC(N(C)C1=CC(=O)CC1)C(C)(C)C. The van der Waals surface area contributed by atoms with E-state index >= 15 is 0 Å². The molecule has 0 heterocycles. The standard InChI is InChI=1S/C12H21NO/c1-9(12(2,3)4)13(5)10-6-7-11(14)8-10/h8-9H,6-7H2,1-5H3. The van der Waals surface area contributed by atoms with Crippen molar-refractivity contribution in [3.63, 3.8) is 0 Å². The van der Waals surface area contributed by atoms with E-state index in [-0.39, 0.29) is 11.2 Å². The molecule has 1 atom stereocenters. The van der Waals surface area contributed by atoms with E-state index in [0.29, 0.717) is 12.5 Å². The largest absolute Gasteiger partial charge is 0.375 e. The lowest BCUT2D eigenvalue weighted by Crippen LogP contribution is -2.38. The molecule has 0 fully saturated rings. The summed E-state index contributed by atoms with van der Waals surface area (Å²) in [5.41, 5.74) is 1.44. The first-order chi connectivity index (χ1) is 6.32. The molecule has 0 bridgehead atoms. The zero-order valence-electron chi connectivity index (χ0n) is 9.92. The van der Waals surface area contributed by atoms with Gasteiger partial charge in [-0.3, -0.25) is 4.79 Å². The second-order valence-corrected chi connectivity index (χ2v) is 5.25. The van der Waals surface area contributed by atoms with Crippen LogP contribution in [-0.2, 0) is 4.79 Å². The van der Waals surface area contributed by atoms with Gasteiger partial charge in [-0.1, -0.05) is 20.8 Å². The summed E-state index contributed by atoms with van der Waals surface area (Å²) in [5, 5.41) is 0. The molecule has 0 radical (unpaired) electrons. The van der Waals surface area contributed by atoms with Gasteiger partial charge in [-0.05, 0) is 18.8 Å². The number of rotatable bonds is 2. The second kappa shape index (κ2) is 3.76. The molecular weight excluding hydrogens is 174 g/mol. The Balaban J connectivity index is 2.71. The minimum atomic E-state index is 0.251. The van der Waals surface area contributed by atoms with Crippen LogP contribution in [0.5, 0.6) is 0 Å². The lowest BCUT2D eigenvalue weighted by molar-refractivity contribution is -0.114. The van der Waals surface area contributed by atoms with Crippen molar-refractivity contribution in [1.82, 2.24) is 4.90 Å². The average Bonchev–Trinajstić information content (AvgIpc) is 2.47. The molecule has 0 aliphatic heterocycles. The van der Waals surface area contributed by atoms with E-state index in [0.717, 1.165) is 6.42 Å². The molecule has 0 N–H and O–H groups in total. The summed E-state index contributed by atoms with van der Waals surface area (Å²) in [6.45, 7) is 8.89. The topological polar surface area (TPSA) is 20.3 Å². The minimum Gasteiger partial charge on any atom is -0.375 e. The summed E-state index contributed by atoms with van der Waals surface area (Å²) < 4.78 is 0. The maximum absolute atomic E-state index is 11.1. The van der Waals surface area contributed by atoms with Crippen molar-refractivity contribution in [2.45, 2.75) is 46.6 Å². The summed E-state index contributed by atoms with van der Waals surface area (Å²) in [5.74, 6) is 0.271. The molecule has 0 aromatic carbocycles. The van der Waals surface area contributed by atoms with Crippen LogP contribution >= 0.6 is 0 Å². The van der Waals surface area contributed by atoms with Crippen molar-refractivity contribution in [2.24, 2.45) is 5.41 Å². The number of carbonyl (C=O) groups is 1. The number of carbonyl (C=O) groups excluding carboxylic acids is 1. The van der Waals surface area contributed by atoms with E-state index in [4.69, 9.17) is 0 Å². The molecule has 14 heavy (non-hydrogen) atoms. The van der Waals surface area contributed by atoms with Crippen LogP contribution in [0.1, 0.15) is 40.5 Å². The van der Waals surface area contributed by atoms with E-state index in [2.05, 4.69) is 39.6 Å². The smallest absolute Gasteiger partial charge is 0.157 e. The lowest BCUT2D eigenvalue weighted by atomic mass is 9.87. The third-order valence-electron chi connectivity index (χ3n) is 3.24. The van der Waals surface area contributed by atoms with Gasteiger partial charge in [0.15, 0.2) is 5.78 Å². The van der Waals surface area contributed by atoms with Crippen molar-refractivity contribution >= 4 is 5.78 Å². The van der Waals surface area contributed by atoms with Crippen LogP contribution in [0.15, 0.2) is 11.8 Å². The molecule has 2 heteroatoms. The van der Waals surface area contributed by atoms with Crippen LogP contribution in [0.2, 0.25) is 0 Å². The van der Waals surface area contributed by atoms with Gasteiger partial charge in [0.25, 0.3) is 0 Å². The Morgan fingerprint density at radius 1 is 1.36 bits per heavy atom. The van der Waals surface area contributed by atoms with Crippen LogP contribution in [0.25, 0.3) is 0 Å². The van der Waals surface area contributed by atoms with Crippen LogP contribution < -0.4 is 0 Å². The molecule has 0 aromatic heterocycles. The molecule has 80 valence electrons. The normalized spacial score (nSPS) is 19.5. The molecule has 0 spiro atoms. The third kappa shape index (κ3) is 2.37. The minimum absolute atomic E-state index is 0.251. The van der Waals surface area contributed by atoms with E-state index in [1.54, 1.807) is 6.08 Å². The van der Waals surface area contributed by atoms with Gasteiger partial charge in [0.2, 0.25) is 0 Å². The highest BCUT2D eigenvalue weighted by Gasteiger charge is 2.27. The highest BCUT2D eigenvalue weighted by molar-refractivity contribution is 5.92. The van der Waals surface area contributed by atoms with E-state index in [1.807, 2.05) is 0 Å². The molecule has 0 amide bonds. The number of hydrogen-bond donors (Lipinski definition) is 0. The molecular formula is C12H21NO. The molecule has 2 nitrogen and oxygen atoms in total. The highest BCUT2D eigenvalue weighted by Crippen LogP contribution is 2.28. The Labute approximate surface area is 87.0 Å². The van der Waals surface area contributed by atoms with Gasteiger partial charge in [0.1, 0.15) is 0 Å². The first-order valence-corrected chi connectivity index (χ1v) is 5.28. The summed E-state index contributed by atoms with van der Waals surface area (Å²) in [6.07, 6.45) is 3.40. The fourth-order valence-electron chi connectivity index (χ4n) is 1.69. The predicted octanol–water partition coefficient (Wildman–Crippen LogP) is 2.60. The summed E-state index contributed by atoms with van der Waals surface area (Å²) in [6, 6.07) is 0.458. The molecule has 1 aliphatic rings. The Hall–Kier alpha value is -0.790. The Bertz CT molecular complexity index is 260. The monoisotopic (exact) mass is 195 g/mol. The Morgan fingerprint density at radius 3 is 2.29 bits per heavy atom. The van der Waals surface area contributed by atoms with Crippen LogP contribution in [0, 0.1) is 5.41 Å². The second-order valence-electron chi connectivity index (χ2n) is 5.25. The zero-order chi connectivity index (χ0) is 10.9. The first-order valence-electron chi connectivity index (χ1n) is 5.28. The maximum atomic E-state index is 11.1. The third-order valence-corrected chi connectivity index (χ3v) is 3.24. The summed E-state index contributed by atoms with van der Waals surface area (Å²) in [7, 11) is 2.08. The van der Waals surface area contributed by atoms with Crippen LogP contribution in [0.3, 0.4) is 0 Å². The Morgan fingerprint density at radius 2 is 1.93 bits per heavy atom. The number of hydrogen-bond acceptors (Lipinski definition) is 2. The first kappa shape index (κ1) is 11.3. The quantitative estimate of drug-likeness (QED) is 0.675. The maximum Gasteiger partial charge on any atom is 0.157 e. The molecule has 0 aromatic rings. The van der Waals surface area contributed by atoms with Crippen molar-refractivity contribution < 1.29 is 4.79 Å². The number of ketones is 1. The molecule has 1 rings (SSSR count). The molecule has 0 saturated carbocycles. The lowest BCUT2D eigenvalue weighted by Gasteiger charge is -2.37. The van der Waals surface area contributed by atoms with Crippen molar-refractivity contribution in [3.8, 4) is 0 Å². The van der Waals surface area contributed by atoms with Gasteiger partial charge in [0.05, 0.1) is 0 Å². The van der Waals surface area contributed by atoms with E-state index in [9.17, 15) is 4.79 Å². The van der Waals surface area contributed by atoms with Crippen molar-refractivity contribution in [2.75, 3.05) is 7.05 Å². The van der Waals surface area contributed by atoms with Gasteiger partial charge in [-0.25, -0.2) is 0 Å². The van der Waals surface area contributed by atoms with Gasteiger partial charge in [-0.2, -0.15) is 0 Å². The van der Waals surface area contributed by atoms with E-state index in [1.165, 1.54) is 5.70 Å². The predicted molar refractivity (Wildman–Crippen MR) is 59.0 cm³/mol. The van der Waals surface area contributed by atoms with Gasteiger partial charge < -0.3 is 4.90 Å². The van der Waals surface area contributed by atoms with Crippen LogP contribution in [0.4, 0.5) is 0 Å². The molecule has 1 aliphatic carbocycles. The van der Waals surface area contributed by atoms with Crippen molar-refractivity contribution in [3.05, 3.63) is 11.8 Å². The van der Waals surface area contributed by atoms with Gasteiger partial charge >= 0.3 is 0 Å². The Kier molecular flexibility index (Phi) is 3.03. The average molecular weight is 195 g/mol. The fourth-order valence-corrected chi connectivity index (χ4v) is 1.69. The summed E-state index contributed by atoms with van der Waals surface area (Å²) >= 11 is 0. The zero-order valence-corrected chi connectivity index (χ0v) is 9.92.